The molecular weight excluding hydrogens is 305 g/mol. The number of ether oxygens (including phenoxy) is 2. The molecule has 0 bridgehead atoms. The minimum absolute atomic E-state index is 0.129. The molecule has 1 aliphatic carbocycles. The average Bonchev–Trinajstić information content (AvgIpc) is 2.88. The van der Waals surface area contributed by atoms with Crippen LogP contribution in [0.4, 0.5) is 13.2 Å². The predicted octanol–water partition coefficient (Wildman–Crippen LogP) is 5.97. The molecule has 0 atom stereocenters. The molecule has 0 N–H and O–H groups in total. The highest BCUT2D eigenvalue weighted by Gasteiger charge is 2.47. The van der Waals surface area contributed by atoms with Gasteiger partial charge in [-0.3, -0.25) is 0 Å². The number of hydrogen-bond acceptors (Lipinski definition) is 2. The van der Waals surface area contributed by atoms with Gasteiger partial charge < -0.3 is 9.47 Å². The minimum atomic E-state index is -4.76. The van der Waals surface area contributed by atoms with E-state index in [4.69, 9.17) is 4.74 Å². The summed E-state index contributed by atoms with van der Waals surface area (Å²) in [6.07, 6.45) is 0.385. The van der Waals surface area contributed by atoms with Crippen LogP contribution in [0.25, 0.3) is 6.08 Å². The quantitative estimate of drug-likeness (QED) is 0.678. The Balaban J connectivity index is 2.40. The molecule has 2 rings (SSSR count). The van der Waals surface area contributed by atoms with Crippen LogP contribution in [-0.4, -0.2) is 12.0 Å². The van der Waals surface area contributed by atoms with E-state index in [0.29, 0.717) is 5.56 Å². The van der Waals surface area contributed by atoms with E-state index in [1.807, 2.05) is 0 Å². The molecule has 0 aliphatic heterocycles. The third kappa shape index (κ3) is 4.01. The standard InChI is InChI=1S/C18H23F3O2/c1-5-13-8-9-14(15(12-13)23-18(19,20)21)22-17(16(2,3)4)10-6-7-11-17/h5,8-9,12H,1,6-7,10-11H2,2-4H3. The molecule has 5 heteroatoms. The Kier molecular flexibility index (Phi) is 4.69. The van der Waals surface area contributed by atoms with E-state index < -0.39 is 12.0 Å². The van der Waals surface area contributed by atoms with E-state index in [0.717, 1.165) is 25.7 Å². The Morgan fingerprint density at radius 2 is 1.70 bits per heavy atom. The molecule has 0 unspecified atom stereocenters. The molecule has 1 aromatic rings. The van der Waals surface area contributed by atoms with Gasteiger partial charge in [-0.2, -0.15) is 0 Å². The first-order chi connectivity index (χ1) is 10.6. The van der Waals surface area contributed by atoms with E-state index >= 15 is 0 Å². The Morgan fingerprint density at radius 3 is 2.17 bits per heavy atom. The summed E-state index contributed by atoms with van der Waals surface area (Å²) in [6, 6.07) is 4.52. The number of rotatable bonds is 4. The van der Waals surface area contributed by atoms with Gasteiger partial charge in [0.1, 0.15) is 5.60 Å². The topological polar surface area (TPSA) is 18.5 Å². The molecule has 1 fully saturated rings. The lowest BCUT2D eigenvalue weighted by Crippen LogP contribution is -2.45. The lowest BCUT2D eigenvalue weighted by Gasteiger charge is -2.42. The van der Waals surface area contributed by atoms with Crippen molar-refractivity contribution < 1.29 is 22.6 Å². The summed E-state index contributed by atoms with van der Waals surface area (Å²) in [5.74, 6) is -0.185. The molecule has 128 valence electrons. The molecule has 0 saturated heterocycles. The van der Waals surface area contributed by atoms with Crippen LogP contribution in [0.2, 0.25) is 0 Å². The lowest BCUT2D eigenvalue weighted by molar-refractivity contribution is -0.275. The second kappa shape index (κ2) is 6.10. The van der Waals surface area contributed by atoms with Crippen LogP contribution in [-0.2, 0) is 0 Å². The molecule has 23 heavy (non-hydrogen) atoms. The SMILES string of the molecule is C=Cc1ccc(OC2(C(C)(C)C)CCCC2)c(OC(F)(F)F)c1. The molecule has 1 aromatic carbocycles. The zero-order chi connectivity index (χ0) is 17.3. The van der Waals surface area contributed by atoms with Gasteiger partial charge in [0, 0.05) is 5.41 Å². The van der Waals surface area contributed by atoms with Crippen molar-refractivity contribution in [3.8, 4) is 11.5 Å². The van der Waals surface area contributed by atoms with Crippen molar-refractivity contribution in [3.63, 3.8) is 0 Å². The van der Waals surface area contributed by atoms with Gasteiger partial charge in [-0.05, 0) is 43.4 Å². The highest BCUT2D eigenvalue weighted by Crippen LogP contribution is 2.48. The zero-order valence-corrected chi connectivity index (χ0v) is 13.8. The third-order valence-electron chi connectivity index (χ3n) is 4.51. The Labute approximate surface area is 135 Å². The molecule has 1 saturated carbocycles. The number of alkyl halides is 3. The molecule has 0 heterocycles. The fourth-order valence-electron chi connectivity index (χ4n) is 3.10. The predicted molar refractivity (Wildman–Crippen MR) is 84.5 cm³/mol. The van der Waals surface area contributed by atoms with Gasteiger partial charge in [0.25, 0.3) is 0 Å². The monoisotopic (exact) mass is 328 g/mol. The van der Waals surface area contributed by atoms with Crippen LogP contribution in [0.5, 0.6) is 11.5 Å². The third-order valence-corrected chi connectivity index (χ3v) is 4.51. The molecule has 0 spiro atoms. The molecule has 2 nitrogen and oxygen atoms in total. The second-order valence-corrected chi connectivity index (χ2v) is 7.01. The Hall–Kier alpha value is -1.65. The van der Waals surface area contributed by atoms with Gasteiger partial charge in [0.2, 0.25) is 0 Å². The van der Waals surface area contributed by atoms with Crippen molar-refractivity contribution >= 4 is 6.08 Å². The van der Waals surface area contributed by atoms with Crippen molar-refractivity contribution in [1.29, 1.82) is 0 Å². The normalized spacial score (nSPS) is 17.8. The minimum Gasteiger partial charge on any atom is -0.483 e. The highest BCUT2D eigenvalue weighted by atomic mass is 19.4. The first-order valence-corrected chi connectivity index (χ1v) is 7.78. The van der Waals surface area contributed by atoms with Crippen LogP contribution >= 0.6 is 0 Å². The molecular formula is C18H23F3O2. The van der Waals surface area contributed by atoms with Gasteiger partial charge in [0.05, 0.1) is 0 Å². The van der Waals surface area contributed by atoms with E-state index in [1.165, 1.54) is 18.2 Å². The zero-order valence-electron chi connectivity index (χ0n) is 13.8. The van der Waals surface area contributed by atoms with E-state index in [1.54, 1.807) is 6.07 Å². The maximum Gasteiger partial charge on any atom is 0.573 e. The second-order valence-electron chi connectivity index (χ2n) is 7.01. The van der Waals surface area contributed by atoms with Crippen molar-refractivity contribution in [2.24, 2.45) is 5.41 Å². The summed E-state index contributed by atoms with van der Waals surface area (Å²) in [6.45, 7) is 9.75. The summed E-state index contributed by atoms with van der Waals surface area (Å²) >= 11 is 0. The number of benzene rings is 1. The van der Waals surface area contributed by atoms with Gasteiger partial charge in [0.15, 0.2) is 11.5 Å². The van der Waals surface area contributed by atoms with Crippen LogP contribution in [0.15, 0.2) is 24.8 Å². The van der Waals surface area contributed by atoms with Gasteiger partial charge in [-0.25, -0.2) is 0 Å². The van der Waals surface area contributed by atoms with E-state index in [9.17, 15) is 13.2 Å². The fourth-order valence-corrected chi connectivity index (χ4v) is 3.10. The van der Waals surface area contributed by atoms with Crippen LogP contribution in [0.1, 0.15) is 52.0 Å². The summed E-state index contributed by atoms with van der Waals surface area (Å²) < 4.78 is 48.4. The smallest absolute Gasteiger partial charge is 0.483 e. The van der Waals surface area contributed by atoms with Crippen molar-refractivity contribution in [2.75, 3.05) is 0 Å². The highest BCUT2D eigenvalue weighted by molar-refractivity contribution is 5.54. The first-order valence-electron chi connectivity index (χ1n) is 7.78. The van der Waals surface area contributed by atoms with Gasteiger partial charge in [-0.1, -0.05) is 39.5 Å². The Morgan fingerprint density at radius 1 is 1.09 bits per heavy atom. The van der Waals surface area contributed by atoms with Crippen molar-refractivity contribution in [1.82, 2.24) is 0 Å². The average molecular weight is 328 g/mol. The Bertz CT molecular complexity index is 565. The summed E-state index contributed by atoms with van der Waals surface area (Å²) in [4.78, 5) is 0. The molecule has 0 aromatic heterocycles. The van der Waals surface area contributed by atoms with Crippen LogP contribution < -0.4 is 9.47 Å². The van der Waals surface area contributed by atoms with Gasteiger partial charge in [-0.15, -0.1) is 13.2 Å². The lowest BCUT2D eigenvalue weighted by atomic mass is 9.75. The maximum absolute atomic E-state index is 12.7. The first kappa shape index (κ1) is 17.7. The summed E-state index contributed by atoms with van der Waals surface area (Å²) in [5.41, 5.74) is -0.115. The molecule has 1 aliphatic rings. The molecule has 0 amide bonds. The van der Waals surface area contributed by atoms with Crippen molar-refractivity contribution in [2.45, 2.75) is 58.4 Å². The van der Waals surface area contributed by atoms with Crippen LogP contribution in [0, 0.1) is 5.41 Å². The van der Waals surface area contributed by atoms with E-state index in [2.05, 4.69) is 32.1 Å². The number of halogens is 3. The number of hydrogen-bond donors (Lipinski definition) is 0. The van der Waals surface area contributed by atoms with Gasteiger partial charge >= 0.3 is 6.36 Å². The van der Waals surface area contributed by atoms with Crippen LogP contribution in [0.3, 0.4) is 0 Å². The summed E-state index contributed by atoms with van der Waals surface area (Å²) in [7, 11) is 0. The summed E-state index contributed by atoms with van der Waals surface area (Å²) in [5, 5.41) is 0. The largest absolute Gasteiger partial charge is 0.573 e. The fraction of sp³-hybridized carbons (Fsp3) is 0.556. The van der Waals surface area contributed by atoms with Crippen molar-refractivity contribution in [3.05, 3.63) is 30.3 Å². The molecule has 0 radical (unpaired) electrons. The maximum atomic E-state index is 12.7. The van der Waals surface area contributed by atoms with E-state index in [-0.39, 0.29) is 16.9 Å².